The van der Waals surface area contributed by atoms with Crippen LogP contribution in [-0.4, -0.2) is 57.0 Å². The smallest absolute Gasteiger partial charge is 0.112 e. The molecule has 1 fully saturated rings. The number of hydrogen-bond donors (Lipinski definition) is 4. The van der Waals surface area contributed by atoms with Gasteiger partial charge in [-0.25, -0.2) is 0 Å². The summed E-state index contributed by atoms with van der Waals surface area (Å²) in [6.07, 6.45) is 0.258. The van der Waals surface area contributed by atoms with E-state index in [1.54, 1.807) is 0 Å². The van der Waals surface area contributed by atoms with E-state index >= 15 is 0 Å². The van der Waals surface area contributed by atoms with Crippen LogP contribution in [0.15, 0.2) is 12.2 Å². The summed E-state index contributed by atoms with van der Waals surface area (Å²) in [7, 11) is 0. The van der Waals surface area contributed by atoms with Gasteiger partial charge in [0.2, 0.25) is 0 Å². The second-order valence-corrected chi connectivity index (χ2v) is 4.21. The first-order valence-corrected chi connectivity index (χ1v) is 5.08. The molecule has 1 saturated heterocycles. The summed E-state index contributed by atoms with van der Waals surface area (Å²) in [6.45, 7) is -0.368. The molecule has 0 radical (unpaired) electrons. The molecule has 1 aliphatic heterocycles. The van der Waals surface area contributed by atoms with Crippen molar-refractivity contribution in [1.82, 2.24) is 0 Å². The summed E-state index contributed by atoms with van der Waals surface area (Å²) in [5, 5.41) is 38.1. The van der Waals surface area contributed by atoms with Gasteiger partial charge in [-0.05, 0) is 12.8 Å². The lowest BCUT2D eigenvalue weighted by Gasteiger charge is -2.46. The Labute approximate surface area is 87.6 Å². The standard InChI is InChI=1S/C10H16O5/c11-5-6-7(12)8(13)9(14)10(15-6)3-1-2-4-10/h1-2,6-9,11-14H,3-5H2. The Morgan fingerprint density at radius 1 is 1.13 bits per heavy atom. The Hall–Kier alpha value is -0.460. The average molecular weight is 216 g/mol. The zero-order chi connectivity index (χ0) is 11.1. The van der Waals surface area contributed by atoms with Crippen molar-refractivity contribution in [3.63, 3.8) is 0 Å². The molecular weight excluding hydrogens is 200 g/mol. The van der Waals surface area contributed by atoms with Gasteiger partial charge >= 0.3 is 0 Å². The van der Waals surface area contributed by atoms with E-state index < -0.39 is 30.0 Å². The molecule has 0 aromatic heterocycles. The first-order chi connectivity index (χ1) is 7.10. The van der Waals surface area contributed by atoms with Gasteiger partial charge < -0.3 is 25.2 Å². The summed E-state index contributed by atoms with van der Waals surface area (Å²) in [6, 6.07) is 0. The minimum absolute atomic E-state index is 0.368. The summed E-state index contributed by atoms with van der Waals surface area (Å²) >= 11 is 0. The molecule has 1 heterocycles. The molecule has 1 aliphatic carbocycles. The van der Waals surface area contributed by atoms with Crippen molar-refractivity contribution in [1.29, 1.82) is 0 Å². The minimum Gasteiger partial charge on any atom is -0.394 e. The van der Waals surface area contributed by atoms with Crippen LogP contribution in [-0.2, 0) is 4.74 Å². The van der Waals surface area contributed by atoms with E-state index in [9.17, 15) is 15.3 Å². The largest absolute Gasteiger partial charge is 0.394 e. The minimum atomic E-state index is -1.27. The molecule has 15 heavy (non-hydrogen) atoms. The third kappa shape index (κ3) is 1.60. The predicted molar refractivity (Wildman–Crippen MR) is 51.1 cm³/mol. The fourth-order valence-corrected chi connectivity index (χ4v) is 2.29. The van der Waals surface area contributed by atoms with Crippen molar-refractivity contribution in [2.75, 3.05) is 6.61 Å². The quantitative estimate of drug-likeness (QED) is 0.403. The fraction of sp³-hybridized carbons (Fsp3) is 0.800. The number of aliphatic hydroxyl groups excluding tert-OH is 4. The predicted octanol–water partition coefficient (Wildman–Crippen LogP) is -1.45. The molecule has 1 spiro atoms. The Balaban J connectivity index is 2.19. The van der Waals surface area contributed by atoms with Gasteiger partial charge in [-0.15, -0.1) is 0 Å². The number of aliphatic hydroxyl groups is 4. The highest BCUT2D eigenvalue weighted by Gasteiger charge is 2.52. The summed E-state index contributed by atoms with van der Waals surface area (Å²) < 4.78 is 5.51. The highest BCUT2D eigenvalue weighted by Crippen LogP contribution is 2.39. The van der Waals surface area contributed by atoms with E-state index in [2.05, 4.69) is 0 Å². The van der Waals surface area contributed by atoms with Gasteiger partial charge in [-0.2, -0.15) is 0 Å². The number of ether oxygens (including phenoxy) is 1. The van der Waals surface area contributed by atoms with Crippen molar-refractivity contribution < 1.29 is 25.2 Å². The molecule has 4 unspecified atom stereocenters. The van der Waals surface area contributed by atoms with Crippen molar-refractivity contribution in [2.24, 2.45) is 0 Å². The number of rotatable bonds is 1. The van der Waals surface area contributed by atoms with Gasteiger partial charge in [0, 0.05) is 0 Å². The first-order valence-electron chi connectivity index (χ1n) is 5.08. The van der Waals surface area contributed by atoms with E-state index in [4.69, 9.17) is 9.84 Å². The Morgan fingerprint density at radius 3 is 2.27 bits per heavy atom. The van der Waals surface area contributed by atoms with Crippen LogP contribution < -0.4 is 0 Å². The SMILES string of the molecule is OCC1OC2(CC=CC2)C(O)C(O)C1O. The molecule has 86 valence electrons. The van der Waals surface area contributed by atoms with Gasteiger partial charge in [0.1, 0.15) is 30.0 Å². The molecule has 4 N–H and O–H groups in total. The molecular formula is C10H16O5. The van der Waals surface area contributed by atoms with E-state index in [0.29, 0.717) is 12.8 Å². The van der Waals surface area contributed by atoms with Crippen molar-refractivity contribution in [3.8, 4) is 0 Å². The van der Waals surface area contributed by atoms with Gasteiger partial charge in [0.05, 0.1) is 6.61 Å². The zero-order valence-electron chi connectivity index (χ0n) is 8.28. The zero-order valence-corrected chi connectivity index (χ0v) is 8.28. The molecule has 2 aliphatic rings. The molecule has 4 atom stereocenters. The third-order valence-corrected chi connectivity index (χ3v) is 3.25. The maximum Gasteiger partial charge on any atom is 0.112 e. The molecule has 5 nitrogen and oxygen atoms in total. The second-order valence-electron chi connectivity index (χ2n) is 4.21. The Bertz CT molecular complexity index is 255. The normalized spacial score (nSPS) is 43.7. The maximum absolute atomic E-state index is 9.86. The topological polar surface area (TPSA) is 90.2 Å². The van der Waals surface area contributed by atoms with E-state index in [-0.39, 0.29) is 6.61 Å². The van der Waals surface area contributed by atoms with Crippen LogP contribution in [0.3, 0.4) is 0 Å². The Morgan fingerprint density at radius 2 is 1.73 bits per heavy atom. The van der Waals surface area contributed by atoms with Crippen molar-refractivity contribution >= 4 is 0 Å². The van der Waals surface area contributed by atoms with Gasteiger partial charge in [0.25, 0.3) is 0 Å². The Kier molecular flexibility index (Phi) is 2.83. The van der Waals surface area contributed by atoms with E-state index in [0.717, 1.165) is 0 Å². The van der Waals surface area contributed by atoms with Crippen LogP contribution in [0.1, 0.15) is 12.8 Å². The van der Waals surface area contributed by atoms with Gasteiger partial charge in [0.15, 0.2) is 0 Å². The van der Waals surface area contributed by atoms with Crippen LogP contribution in [0, 0.1) is 0 Å². The third-order valence-electron chi connectivity index (χ3n) is 3.25. The molecule has 0 aromatic rings. The van der Waals surface area contributed by atoms with Crippen LogP contribution >= 0.6 is 0 Å². The first kappa shape index (κ1) is 11.0. The van der Waals surface area contributed by atoms with E-state index in [1.165, 1.54) is 0 Å². The summed E-state index contributed by atoms with van der Waals surface area (Å²) in [5.74, 6) is 0. The highest BCUT2D eigenvalue weighted by molar-refractivity contribution is 5.13. The van der Waals surface area contributed by atoms with Crippen LogP contribution in [0.4, 0.5) is 0 Å². The molecule has 0 bridgehead atoms. The van der Waals surface area contributed by atoms with Gasteiger partial charge in [-0.3, -0.25) is 0 Å². The van der Waals surface area contributed by atoms with E-state index in [1.807, 2.05) is 12.2 Å². The lowest BCUT2D eigenvalue weighted by molar-refractivity contribution is -0.270. The van der Waals surface area contributed by atoms with Gasteiger partial charge in [-0.1, -0.05) is 12.2 Å². The molecule has 5 heteroatoms. The summed E-state index contributed by atoms with van der Waals surface area (Å²) in [5.41, 5.74) is -0.869. The lowest BCUT2D eigenvalue weighted by Crippen LogP contribution is -2.64. The van der Waals surface area contributed by atoms with Crippen LogP contribution in [0.25, 0.3) is 0 Å². The fourth-order valence-electron chi connectivity index (χ4n) is 2.29. The second kappa shape index (κ2) is 3.84. The summed E-state index contributed by atoms with van der Waals surface area (Å²) in [4.78, 5) is 0. The molecule has 0 amide bonds. The molecule has 0 saturated carbocycles. The molecule has 0 aromatic carbocycles. The van der Waals surface area contributed by atoms with Crippen LogP contribution in [0.5, 0.6) is 0 Å². The monoisotopic (exact) mass is 216 g/mol. The molecule has 2 rings (SSSR count). The maximum atomic E-state index is 9.86. The lowest BCUT2D eigenvalue weighted by atomic mass is 9.83. The van der Waals surface area contributed by atoms with Crippen molar-refractivity contribution in [2.45, 2.75) is 42.9 Å². The van der Waals surface area contributed by atoms with Crippen molar-refractivity contribution in [3.05, 3.63) is 12.2 Å². The highest BCUT2D eigenvalue weighted by atomic mass is 16.6. The number of hydrogen-bond acceptors (Lipinski definition) is 5. The van der Waals surface area contributed by atoms with Crippen LogP contribution in [0.2, 0.25) is 0 Å². The average Bonchev–Trinajstić information content (AvgIpc) is 2.70.